The molecule has 6 nitrogen and oxygen atoms in total. The standard InChI is InChI=1S/C24H20N2O4S/c1-30-24(27)20-14-19-15-21(12-13-23(19)25-16-20)26(17-18-8-4-2-5-9-18)31(28,29)22-10-6-3-7-11-22/h2-16H,17H2,1H3. The minimum atomic E-state index is -3.83. The van der Waals surface area contributed by atoms with E-state index in [1.54, 1.807) is 54.6 Å². The van der Waals surface area contributed by atoms with Crippen LogP contribution in [0.1, 0.15) is 15.9 Å². The van der Waals surface area contributed by atoms with Gasteiger partial charge in [0.05, 0.1) is 35.3 Å². The molecule has 7 heteroatoms. The first-order valence-electron chi connectivity index (χ1n) is 9.59. The Bertz CT molecular complexity index is 1320. The lowest BCUT2D eigenvalue weighted by molar-refractivity contribution is 0.0600. The fourth-order valence-electron chi connectivity index (χ4n) is 3.29. The molecular formula is C24H20N2O4S. The van der Waals surface area contributed by atoms with E-state index < -0.39 is 16.0 Å². The van der Waals surface area contributed by atoms with Gasteiger partial charge in [0.25, 0.3) is 10.0 Å². The normalized spacial score (nSPS) is 11.3. The number of ether oxygens (including phenoxy) is 1. The van der Waals surface area contributed by atoms with E-state index in [1.807, 2.05) is 30.3 Å². The van der Waals surface area contributed by atoms with E-state index in [2.05, 4.69) is 4.98 Å². The topological polar surface area (TPSA) is 76.6 Å². The van der Waals surface area contributed by atoms with Crippen molar-refractivity contribution in [2.24, 2.45) is 0 Å². The van der Waals surface area contributed by atoms with E-state index in [4.69, 9.17) is 4.74 Å². The third-order valence-electron chi connectivity index (χ3n) is 4.87. The smallest absolute Gasteiger partial charge is 0.339 e. The summed E-state index contributed by atoms with van der Waals surface area (Å²) < 4.78 is 33.2. The predicted octanol–water partition coefficient (Wildman–Crippen LogP) is 4.42. The number of anilines is 1. The Morgan fingerprint density at radius 1 is 0.935 bits per heavy atom. The summed E-state index contributed by atoms with van der Waals surface area (Å²) in [7, 11) is -2.53. The highest BCUT2D eigenvalue weighted by Gasteiger charge is 2.25. The quantitative estimate of drug-likeness (QED) is 0.422. The van der Waals surface area contributed by atoms with Gasteiger partial charge in [-0.3, -0.25) is 9.29 Å². The third-order valence-corrected chi connectivity index (χ3v) is 6.66. The second-order valence-electron chi connectivity index (χ2n) is 6.90. The molecule has 0 radical (unpaired) electrons. The maximum atomic E-state index is 13.5. The van der Waals surface area contributed by atoms with Crippen molar-refractivity contribution in [3.05, 3.63) is 102 Å². The van der Waals surface area contributed by atoms with Gasteiger partial charge in [0.2, 0.25) is 0 Å². The Kier molecular flexibility index (Phi) is 5.68. The van der Waals surface area contributed by atoms with Gasteiger partial charge < -0.3 is 4.74 Å². The molecule has 0 unspecified atom stereocenters. The van der Waals surface area contributed by atoms with Crippen molar-refractivity contribution in [1.82, 2.24) is 4.98 Å². The zero-order chi connectivity index (χ0) is 21.8. The monoisotopic (exact) mass is 432 g/mol. The van der Waals surface area contributed by atoms with Crippen LogP contribution in [0.4, 0.5) is 5.69 Å². The number of fused-ring (bicyclic) bond motifs is 1. The second-order valence-corrected chi connectivity index (χ2v) is 8.77. The van der Waals surface area contributed by atoms with Gasteiger partial charge in [-0.05, 0) is 42.0 Å². The van der Waals surface area contributed by atoms with Crippen LogP contribution in [0.5, 0.6) is 0 Å². The van der Waals surface area contributed by atoms with Crippen molar-refractivity contribution >= 4 is 32.6 Å². The summed E-state index contributed by atoms with van der Waals surface area (Å²) in [5.74, 6) is -0.502. The lowest BCUT2D eigenvalue weighted by atomic mass is 10.1. The summed E-state index contributed by atoms with van der Waals surface area (Å²) in [4.78, 5) is 16.4. The van der Waals surface area contributed by atoms with Crippen LogP contribution >= 0.6 is 0 Å². The number of rotatable bonds is 6. The van der Waals surface area contributed by atoms with Crippen LogP contribution in [0.3, 0.4) is 0 Å². The Morgan fingerprint density at radius 3 is 2.29 bits per heavy atom. The Balaban J connectivity index is 1.84. The second kappa shape index (κ2) is 8.57. The predicted molar refractivity (Wildman–Crippen MR) is 119 cm³/mol. The molecule has 31 heavy (non-hydrogen) atoms. The molecule has 0 fully saturated rings. The van der Waals surface area contributed by atoms with Gasteiger partial charge in [0.1, 0.15) is 0 Å². The first-order valence-corrected chi connectivity index (χ1v) is 11.0. The number of methoxy groups -OCH3 is 1. The fourth-order valence-corrected chi connectivity index (χ4v) is 4.75. The highest BCUT2D eigenvalue weighted by molar-refractivity contribution is 7.92. The lowest BCUT2D eigenvalue weighted by Gasteiger charge is -2.25. The average Bonchev–Trinajstić information content (AvgIpc) is 2.82. The molecule has 0 spiro atoms. The Hall–Kier alpha value is -3.71. The van der Waals surface area contributed by atoms with Crippen molar-refractivity contribution in [1.29, 1.82) is 0 Å². The highest BCUT2D eigenvalue weighted by atomic mass is 32.2. The number of hydrogen-bond acceptors (Lipinski definition) is 5. The molecule has 1 heterocycles. The van der Waals surface area contributed by atoms with Gasteiger partial charge in [0.15, 0.2) is 0 Å². The average molecular weight is 433 g/mol. The number of nitrogens with zero attached hydrogens (tertiary/aromatic N) is 2. The molecule has 4 rings (SSSR count). The van der Waals surface area contributed by atoms with Crippen LogP contribution < -0.4 is 4.31 Å². The van der Waals surface area contributed by atoms with Gasteiger partial charge in [-0.25, -0.2) is 13.2 Å². The molecule has 0 N–H and O–H groups in total. The molecule has 0 aliphatic carbocycles. The van der Waals surface area contributed by atoms with Crippen LogP contribution in [-0.2, 0) is 21.3 Å². The van der Waals surface area contributed by atoms with Gasteiger partial charge >= 0.3 is 5.97 Å². The van der Waals surface area contributed by atoms with Crippen LogP contribution in [-0.4, -0.2) is 26.5 Å². The summed E-state index contributed by atoms with van der Waals surface area (Å²) in [6.07, 6.45) is 1.44. The summed E-state index contributed by atoms with van der Waals surface area (Å²) in [6.45, 7) is 0.160. The molecule has 4 aromatic rings. The number of benzene rings is 3. The molecule has 156 valence electrons. The number of carbonyl (C=O) groups is 1. The molecule has 0 aliphatic heterocycles. The minimum Gasteiger partial charge on any atom is -0.465 e. The SMILES string of the molecule is COC(=O)c1cnc2ccc(N(Cc3ccccc3)S(=O)(=O)c3ccccc3)cc2c1. The molecule has 0 saturated carbocycles. The molecular weight excluding hydrogens is 412 g/mol. The van der Waals surface area contributed by atoms with Crippen molar-refractivity contribution in [2.45, 2.75) is 11.4 Å². The van der Waals surface area contributed by atoms with Crippen molar-refractivity contribution in [3.8, 4) is 0 Å². The molecule has 0 amide bonds. The summed E-state index contributed by atoms with van der Waals surface area (Å²) >= 11 is 0. The molecule has 1 aromatic heterocycles. The van der Waals surface area contributed by atoms with E-state index in [-0.39, 0.29) is 11.4 Å². The first kappa shape index (κ1) is 20.6. The van der Waals surface area contributed by atoms with Gasteiger partial charge in [0, 0.05) is 11.6 Å². The van der Waals surface area contributed by atoms with Gasteiger partial charge in [-0.15, -0.1) is 0 Å². The third kappa shape index (κ3) is 4.27. The van der Waals surface area contributed by atoms with Crippen molar-refractivity contribution in [3.63, 3.8) is 0 Å². The highest BCUT2D eigenvalue weighted by Crippen LogP contribution is 2.29. The van der Waals surface area contributed by atoms with E-state index >= 15 is 0 Å². The fraction of sp³-hybridized carbons (Fsp3) is 0.0833. The molecule has 0 bridgehead atoms. The molecule has 3 aromatic carbocycles. The number of pyridine rings is 1. The van der Waals surface area contributed by atoms with E-state index in [1.165, 1.54) is 17.6 Å². The number of aromatic nitrogens is 1. The van der Waals surface area contributed by atoms with E-state index in [9.17, 15) is 13.2 Å². The maximum absolute atomic E-state index is 13.5. The molecule has 0 atom stereocenters. The number of hydrogen-bond donors (Lipinski definition) is 0. The Labute approximate surface area is 180 Å². The molecule has 0 saturated heterocycles. The van der Waals surface area contributed by atoms with Crippen LogP contribution in [0, 0.1) is 0 Å². The van der Waals surface area contributed by atoms with Gasteiger partial charge in [-0.2, -0.15) is 0 Å². The summed E-state index contributed by atoms with van der Waals surface area (Å²) in [6, 6.07) is 24.5. The van der Waals surface area contributed by atoms with Crippen LogP contribution in [0.2, 0.25) is 0 Å². The van der Waals surface area contributed by atoms with Crippen molar-refractivity contribution in [2.75, 3.05) is 11.4 Å². The van der Waals surface area contributed by atoms with Crippen molar-refractivity contribution < 1.29 is 17.9 Å². The number of sulfonamides is 1. The van der Waals surface area contributed by atoms with Crippen LogP contribution in [0.25, 0.3) is 10.9 Å². The number of esters is 1. The minimum absolute atomic E-state index is 0.160. The largest absolute Gasteiger partial charge is 0.465 e. The van der Waals surface area contributed by atoms with Crippen LogP contribution in [0.15, 0.2) is 96.0 Å². The Morgan fingerprint density at radius 2 is 1.61 bits per heavy atom. The zero-order valence-corrected chi connectivity index (χ0v) is 17.6. The van der Waals surface area contributed by atoms with E-state index in [0.717, 1.165) is 5.56 Å². The maximum Gasteiger partial charge on any atom is 0.339 e. The lowest BCUT2D eigenvalue weighted by Crippen LogP contribution is -2.30. The molecule has 0 aliphatic rings. The van der Waals surface area contributed by atoms with E-state index in [0.29, 0.717) is 22.2 Å². The first-order chi connectivity index (χ1) is 15.0. The van der Waals surface area contributed by atoms with Gasteiger partial charge in [-0.1, -0.05) is 48.5 Å². The summed E-state index contributed by atoms with van der Waals surface area (Å²) in [5, 5.41) is 0.640. The summed E-state index contributed by atoms with van der Waals surface area (Å²) in [5.41, 5.74) is 2.27. The number of carbonyl (C=O) groups excluding carboxylic acids is 1. The zero-order valence-electron chi connectivity index (χ0n) is 16.8.